The lowest BCUT2D eigenvalue weighted by Crippen LogP contribution is -2.32. The molecule has 2 aromatic heterocycles. The number of H-pyrrole nitrogens is 1. The fourth-order valence-corrected chi connectivity index (χ4v) is 4.64. The third-order valence-corrected chi connectivity index (χ3v) is 6.37. The normalized spacial score (nSPS) is 18.3. The van der Waals surface area contributed by atoms with Crippen LogP contribution in [0.25, 0.3) is 10.9 Å². The smallest absolute Gasteiger partial charge is 0.291 e. The first-order valence-electron chi connectivity index (χ1n) is 10.9. The molecule has 1 aliphatic rings. The first kappa shape index (κ1) is 20.8. The number of ketones is 2. The summed E-state index contributed by atoms with van der Waals surface area (Å²) in [7, 11) is 0. The first-order chi connectivity index (χ1) is 16.0. The van der Waals surface area contributed by atoms with Gasteiger partial charge in [-0.05, 0) is 42.7 Å². The zero-order chi connectivity index (χ0) is 22.9. The van der Waals surface area contributed by atoms with E-state index in [0.29, 0.717) is 18.5 Å². The predicted octanol–water partition coefficient (Wildman–Crippen LogP) is 4.07. The Balaban J connectivity index is 1.51. The average Bonchev–Trinajstić information content (AvgIpc) is 3.37. The molecular weight excluding hydrogens is 414 g/mol. The molecule has 5 rings (SSSR count). The van der Waals surface area contributed by atoms with E-state index in [1.165, 1.54) is 12.4 Å². The van der Waals surface area contributed by atoms with Gasteiger partial charge in [-0.1, -0.05) is 48.0 Å². The Morgan fingerprint density at radius 2 is 1.73 bits per heavy atom. The van der Waals surface area contributed by atoms with E-state index >= 15 is 0 Å². The number of rotatable bonds is 6. The molecular formula is C27H23N3O3. The van der Waals surface area contributed by atoms with E-state index < -0.39 is 23.7 Å². The molecule has 2 atom stereocenters. The summed E-state index contributed by atoms with van der Waals surface area (Å²) in [5, 5.41) is 1.09. The van der Waals surface area contributed by atoms with Gasteiger partial charge in [-0.2, -0.15) is 0 Å². The molecule has 2 aromatic carbocycles. The maximum atomic E-state index is 13.4. The highest BCUT2D eigenvalue weighted by molar-refractivity contribution is 6.44. The lowest BCUT2D eigenvalue weighted by Gasteiger charge is -2.27. The molecule has 4 aromatic rings. The molecule has 1 N–H and O–H groups in total. The van der Waals surface area contributed by atoms with Crippen LogP contribution in [-0.2, 0) is 16.0 Å². The van der Waals surface area contributed by atoms with Crippen LogP contribution in [0.5, 0.6) is 0 Å². The van der Waals surface area contributed by atoms with Gasteiger partial charge in [0.15, 0.2) is 5.78 Å². The van der Waals surface area contributed by atoms with E-state index in [4.69, 9.17) is 0 Å². The summed E-state index contributed by atoms with van der Waals surface area (Å²) in [6.45, 7) is 2.31. The molecule has 1 amide bonds. The molecule has 0 aliphatic carbocycles. The molecule has 1 aliphatic heterocycles. The van der Waals surface area contributed by atoms with Crippen LogP contribution in [0.1, 0.15) is 33.1 Å². The second-order valence-electron chi connectivity index (χ2n) is 8.41. The third kappa shape index (κ3) is 3.74. The minimum absolute atomic E-state index is 0.338. The zero-order valence-electron chi connectivity index (χ0n) is 18.2. The van der Waals surface area contributed by atoms with Crippen molar-refractivity contribution in [1.82, 2.24) is 14.9 Å². The van der Waals surface area contributed by atoms with Crippen molar-refractivity contribution in [3.8, 4) is 0 Å². The highest BCUT2D eigenvalue weighted by atomic mass is 16.2. The van der Waals surface area contributed by atoms with Crippen molar-refractivity contribution in [3.05, 3.63) is 102 Å². The van der Waals surface area contributed by atoms with Crippen molar-refractivity contribution >= 4 is 28.4 Å². The number of hydrogen-bond donors (Lipinski definition) is 1. The largest absolute Gasteiger partial charge is 0.361 e. The predicted molar refractivity (Wildman–Crippen MR) is 125 cm³/mol. The van der Waals surface area contributed by atoms with E-state index in [1.54, 1.807) is 17.0 Å². The minimum atomic E-state index is -1.08. The number of carbonyl (C=O) groups is 3. The Kier molecular flexibility index (Phi) is 5.34. The fraction of sp³-hybridized carbons (Fsp3) is 0.185. The Labute approximate surface area is 191 Å². The SMILES string of the molecule is Cc1ccc(C2C(C(=O)c3ccncc3)C(=O)C(=O)N2CCc2c[nH]c3ccccc23)cc1. The summed E-state index contributed by atoms with van der Waals surface area (Å²) in [6, 6.07) is 18.2. The second-order valence-corrected chi connectivity index (χ2v) is 8.41. The monoisotopic (exact) mass is 437 g/mol. The van der Waals surface area contributed by atoms with Crippen LogP contribution in [0.15, 0.2) is 79.3 Å². The van der Waals surface area contributed by atoms with Crippen LogP contribution < -0.4 is 0 Å². The number of likely N-dealkylation sites (tertiary alicyclic amines) is 1. The number of nitrogens with one attached hydrogen (secondary N) is 1. The topological polar surface area (TPSA) is 83.1 Å². The molecule has 0 saturated carbocycles. The number of fused-ring (bicyclic) bond motifs is 1. The molecule has 3 heterocycles. The van der Waals surface area contributed by atoms with E-state index in [2.05, 4.69) is 9.97 Å². The third-order valence-electron chi connectivity index (χ3n) is 6.37. The van der Waals surface area contributed by atoms with Gasteiger partial charge in [0.25, 0.3) is 5.91 Å². The number of aromatic amines is 1. The molecule has 0 radical (unpaired) electrons. The lowest BCUT2D eigenvalue weighted by molar-refractivity contribution is -0.140. The molecule has 0 spiro atoms. The maximum absolute atomic E-state index is 13.4. The molecule has 1 fully saturated rings. The van der Waals surface area contributed by atoms with Gasteiger partial charge >= 0.3 is 0 Å². The highest BCUT2D eigenvalue weighted by Crippen LogP contribution is 2.38. The summed E-state index contributed by atoms with van der Waals surface area (Å²) in [5.74, 6) is -2.68. The van der Waals surface area contributed by atoms with Gasteiger partial charge < -0.3 is 9.88 Å². The maximum Gasteiger partial charge on any atom is 0.291 e. The lowest BCUT2D eigenvalue weighted by atomic mass is 9.86. The summed E-state index contributed by atoms with van der Waals surface area (Å²) < 4.78 is 0. The van der Waals surface area contributed by atoms with Gasteiger partial charge in [0, 0.05) is 41.6 Å². The summed E-state index contributed by atoms with van der Waals surface area (Å²) >= 11 is 0. The van der Waals surface area contributed by atoms with Crippen LogP contribution in [0.3, 0.4) is 0 Å². The van der Waals surface area contributed by atoms with Crippen molar-refractivity contribution < 1.29 is 14.4 Å². The van der Waals surface area contributed by atoms with Crippen LogP contribution >= 0.6 is 0 Å². The van der Waals surface area contributed by atoms with Gasteiger partial charge in [0.1, 0.15) is 5.92 Å². The van der Waals surface area contributed by atoms with E-state index in [0.717, 1.165) is 27.6 Å². The molecule has 164 valence electrons. The second kappa shape index (κ2) is 8.47. The van der Waals surface area contributed by atoms with Crippen molar-refractivity contribution in [1.29, 1.82) is 0 Å². The number of carbonyl (C=O) groups excluding carboxylic acids is 3. The molecule has 6 heteroatoms. The molecule has 33 heavy (non-hydrogen) atoms. The summed E-state index contributed by atoms with van der Waals surface area (Å²) in [6.07, 6.45) is 5.55. The van der Waals surface area contributed by atoms with Crippen molar-refractivity contribution in [2.75, 3.05) is 6.54 Å². The van der Waals surface area contributed by atoms with Crippen LogP contribution in [-0.4, -0.2) is 38.9 Å². The number of para-hydroxylation sites is 1. The number of aryl methyl sites for hydroxylation is 1. The minimum Gasteiger partial charge on any atom is -0.361 e. The number of nitrogens with zero attached hydrogens (tertiary/aromatic N) is 2. The van der Waals surface area contributed by atoms with Crippen LogP contribution in [0.2, 0.25) is 0 Å². The number of hydrogen-bond acceptors (Lipinski definition) is 4. The number of benzene rings is 2. The first-order valence-corrected chi connectivity index (χ1v) is 10.9. The fourth-order valence-electron chi connectivity index (χ4n) is 4.64. The molecule has 6 nitrogen and oxygen atoms in total. The van der Waals surface area contributed by atoms with Gasteiger partial charge in [0.2, 0.25) is 5.78 Å². The van der Waals surface area contributed by atoms with Gasteiger partial charge in [-0.15, -0.1) is 0 Å². The van der Waals surface area contributed by atoms with Crippen molar-refractivity contribution in [2.45, 2.75) is 19.4 Å². The Morgan fingerprint density at radius 3 is 2.48 bits per heavy atom. The molecule has 2 unspecified atom stereocenters. The molecule has 0 bridgehead atoms. The van der Waals surface area contributed by atoms with Crippen LogP contribution in [0, 0.1) is 12.8 Å². The Morgan fingerprint density at radius 1 is 1.00 bits per heavy atom. The van der Waals surface area contributed by atoms with Crippen molar-refractivity contribution in [3.63, 3.8) is 0 Å². The van der Waals surface area contributed by atoms with Gasteiger partial charge in [0.05, 0.1) is 6.04 Å². The summed E-state index contributed by atoms with van der Waals surface area (Å²) in [5.41, 5.74) is 4.32. The van der Waals surface area contributed by atoms with E-state index in [9.17, 15) is 14.4 Å². The summed E-state index contributed by atoms with van der Waals surface area (Å²) in [4.78, 5) is 48.4. The van der Waals surface area contributed by atoms with Crippen molar-refractivity contribution in [2.24, 2.45) is 5.92 Å². The van der Waals surface area contributed by atoms with E-state index in [1.807, 2.05) is 61.7 Å². The number of pyridine rings is 1. The average molecular weight is 437 g/mol. The van der Waals surface area contributed by atoms with E-state index in [-0.39, 0.29) is 5.78 Å². The Hall–Kier alpha value is -4.06. The van der Waals surface area contributed by atoms with Gasteiger partial charge in [-0.3, -0.25) is 19.4 Å². The number of Topliss-reactive ketones (excluding diaryl/α,β-unsaturated/α-hetero) is 2. The van der Waals surface area contributed by atoms with Crippen LogP contribution in [0.4, 0.5) is 0 Å². The quantitative estimate of drug-likeness (QED) is 0.280. The molecule has 1 saturated heterocycles. The van der Waals surface area contributed by atoms with Gasteiger partial charge in [-0.25, -0.2) is 0 Å². The number of amides is 1. The number of aromatic nitrogens is 2. The highest BCUT2D eigenvalue weighted by Gasteiger charge is 2.51. The standard InChI is InChI=1S/C27H23N3O3/c1-17-6-8-18(9-7-17)24-23(25(31)19-10-13-28-14-11-19)26(32)27(33)30(24)15-12-20-16-29-22-5-3-2-4-21(20)22/h2-11,13-14,16,23-24,29H,12,15H2,1H3. The Bertz CT molecular complexity index is 1340. The zero-order valence-corrected chi connectivity index (χ0v) is 18.2.